The van der Waals surface area contributed by atoms with Crippen molar-refractivity contribution in [3.05, 3.63) is 59.7 Å². The van der Waals surface area contributed by atoms with E-state index in [1.54, 1.807) is 4.90 Å². The number of esters is 1. The van der Waals surface area contributed by atoms with Crippen LogP contribution in [0.15, 0.2) is 48.5 Å². The van der Waals surface area contributed by atoms with Gasteiger partial charge >= 0.3 is 5.97 Å². The maximum atomic E-state index is 12.3. The first-order chi connectivity index (χ1) is 13.5. The van der Waals surface area contributed by atoms with Gasteiger partial charge in [0.1, 0.15) is 0 Å². The minimum atomic E-state index is -0.565. The first kappa shape index (κ1) is 19.6. The van der Waals surface area contributed by atoms with Crippen molar-refractivity contribution in [1.82, 2.24) is 0 Å². The summed E-state index contributed by atoms with van der Waals surface area (Å²) in [5.41, 5.74) is 3.50. The number of ether oxygens (including phenoxy) is 1. The van der Waals surface area contributed by atoms with Crippen LogP contribution in [-0.4, -0.2) is 30.9 Å². The molecule has 2 aromatic carbocycles. The molecular weight excluding hydrogens is 356 g/mol. The molecule has 0 aliphatic carbocycles. The van der Waals surface area contributed by atoms with Gasteiger partial charge in [0.05, 0.1) is 5.92 Å². The predicted octanol–water partition coefficient (Wildman–Crippen LogP) is 3.09. The standard InChI is InChI=1S/C22H24N2O4/c1-3-16-9-7-8-15(2)21(16)23-19(25)14-28-22(27)17-12-20(26)24(13-17)18-10-5-4-6-11-18/h4-11,17H,3,12-14H2,1-2H3,(H,23,25)/t17-/m0/s1. The van der Waals surface area contributed by atoms with E-state index >= 15 is 0 Å². The highest BCUT2D eigenvalue weighted by Gasteiger charge is 2.36. The van der Waals surface area contributed by atoms with E-state index in [-0.39, 0.29) is 31.4 Å². The van der Waals surface area contributed by atoms with Crippen LogP contribution < -0.4 is 10.2 Å². The Morgan fingerprint density at radius 3 is 2.61 bits per heavy atom. The maximum absolute atomic E-state index is 12.3. The molecule has 0 bridgehead atoms. The van der Waals surface area contributed by atoms with Gasteiger partial charge in [-0.25, -0.2) is 0 Å². The SMILES string of the molecule is CCc1cccc(C)c1NC(=O)COC(=O)[C@H]1CC(=O)N(c2ccccc2)C1. The van der Waals surface area contributed by atoms with Crippen LogP contribution in [-0.2, 0) is 25.5 Å². The summed E-state index contributed by atoms with van der Waals surface area (Å²) in [7, 11) is 0. The molecular formula is C22H24N2O4. The fourth-order valence-corrected chi connectivity index (χ4v) is 3.35. The number of hydrogen-bond acceptors (Lipinski definition) is 4. The summed E-state index contributed by atoms with van der Waals surface area (Å²) in [6, 6.07) is 15.0. The minimum Gasteiger partial charge on any atom is -0.455 e. The molecule has 2 aromatic rings. The van der Waals surface area contributed by atoms with Crippen molar-refractivity contribution in [2.45, 2.75) is 26.7 Å². The van der Waals surface area contributed by atoms with Gasteiger partial charge in [-0.05, 0) is 36.6 Å². The Morgan fingerprint density at radius 1 is 1.14 bits per heavy atom. The number of amides is 2. The van der Waals surface area contributed by atoms with Crippen LogP contribution in [0.25, 0.3) is 0 Å². The molecule has 146 valence electrons. The van der Waals surface area contributed by atoms with Crippen LogP contribution in [0, 0.1) is 12.8 Å². The summed E-state index contributed by atoms with van der Waals surface area (Å²) in [4.78, 5) is 38.4. The molecule has 0 spiro atoms. The fraction of sp³-hybridized carbons (Fsp3) is 0.318. The third-order valence-electron chi connectivity index (χ3n) is 4.88. The van der Waals surface area contributed by atoms with Gasteiger partial charge in [0.25, 0.3) is 5.91 Å². The van der Waals surface area contributed by atoms with E-state index in [0.29, 0.717) is 0 Å². The van der Waals surface area contributed by atoms with Crippen molar-refractivity contribution in [3.8, 4) is 0 Å². The molecule has 28 heavy (non-hydrogen) atoms. The number of aryl methyl sites for hydroxylation is 2. The highest BCUT2D eigenvalue weighted by molar-refractivity contribution is 6.00. The molecule has 0 radical (unpaired) electrons. The van der Waals surface area contributed by atoms with Crippen LogP contribution in [0.4, 0.5) is 11.4 Å². The van der Waals surface area contributed by atoms with Gasteiger partial charge in [-0.2, -0.15) is 0 Å². The molecule has 0 aromatic heterocycles. The Labute approximate surface area is 164 Å². The quantitative estimate of drug-likeness (QED) is 0.782. The van der Waals surface area contributed by atoms with Crippen LogP contribution in [0.3, 0.4) is 0 Å². The fourth-order valence-electron chi connectivity index (χ4n) is 3.35. The molecule has 1 saturated heterocycles. The summed E-state index contributed by atoms with van der Waals surface area (Å²) in [6.07, 6.45) is 0.879. The third-order valence-corrected chi connectivity index (χ3v) is 4.88. The van der Waals surface area contributed by atoms with E-state index in [9.17, 15) is 14.4 Å². The summed E-state index contributed by atoms with van der Waals surface area (Å²) in [5, 5.41) is 2.83. The Hall–Kier alpha value is -3.15. The first-order valence-corrected chi connectivity index (χ1v) is 9.40. The van der Waals surface area contributed by atoms with E-state index in [2.05, 4.69) is 5.32 Å². The van der Waals surface area contributed by atoms with E-state index in [1.807, 2.05) is 62.4 Å². The van der Waals surface area contributed by atoms with Crippen molar-refractivity contribution in [1.29, 1.82) is 0 Å². The molecule has 6 nitrogen and oxygen atoms in total. The zero-order chi connectivity index (χ0) is 20.1. The number of benzene rings is 2. The number of nitrogens with zero attached hydrogens (tertiary/aromatic N) is 1. The number of anilines is 2. The van der Waals surface area contributed by atoms with Gasteiger partial charge in [-0.15, -0.1) is 0 Å². The van der Waals surface area contributed by atoms with Crippen molar-refractivity contribution >= 4 is 29.2 Å². The zero-order valence-electron chi connectivity index (χ0n) is 16.1. The molecule has 1 atom stereocenters. The minimum absolute atomic E-state index is 0.0904. The average Bonchev–Trinajstić information content (AvgIpc) is 3.10. The van der Waals surface area contributed by atoms with Crippen LogP contribution in [0.5, 0.6) is 0 Å². The van der Waals surface area contributed by atoms with Crippen molar-refractivity contribution in [2.24, 2.45) is 5.92 Å². The van der Waals surface area contributed by atoms with E-state index in [4.69, 9.17) is 4.74 Å². The second-order valence-corrected chi connectivity index (χ2v) is 6.86. The van der Waals surface area contributed by atoms with Gasteiger partial charge in [-0.1, -0.05) is 43.3 Å². The lowest BCUT2D eigenvalue weighted by atomic mass is 10.1. The van der Waals surface area contributed by atoms with Crippen molar-refractivity contribution < 1.29 is 19.1 Å². The number of carbonyl (C=O) groups is 3. The molecule has 3 rings (SSSR count). The monoisotopic (exact) mass is 380 g/mol. The number of nitrogens with one attached hydrogen (secondary N) is 1. The number of para-hydroxylation sites is 2. The molecule has 6 heteroatoms. The van der Waals surface area contributed by atoms with E-state index < -0.39 is 11.9 Å². The molecule has 1 heterocycles. The summed E-state index contributed by atoms with van der Waals surface area (Å²) < 4.78 is 5.18. The Morgan fingerprint density at radius 2 is 1.89 bits per heavy atom. The number of rotatable bonds is 6. The highest BCUT2D eigenvalue weighted by Crippen LogP contribution is 2.25. The molecule has 1 fully saturated rings. The molecule has 1 aliphatic heterocycles. The lowest BCUT2D eigenvalue weighted by Gasteiger charge is -2.16. The highest BCUT2D eigenvalue weighted by atomic mass is 16.5. The Balaban J connectivity index is 1.55. The molecule has 1 aliphatic rings. The lowest BCUT2D eigenvalue weighted by molar-refractivity contribution is -0.151. The Kier molecular flexibility index (Phi) is 6.09. The van der Waals surface area contributed by atoms with E-state index in [0.717, 1.165) is 28.9 Å². The number of hydrogen-bond donors (Lipinski definition) is 1. The largest absolute Gasteiger partial charge is 0.455 e. The van der Waals surface area contributed by atoms with Crippen LogP contribution >= 0.6 is 0 Å². The van der Waals surface area contributed by atoms with Gasteiger partial charge in [0.2, 0.25) is 5.91 Å². The van der Waals surface area contributed by atoms with Crippen LogP contribution in [0.2, 0.25) is 0 Å². The van der Waals surface area contributed by atoms with Gasteiger partial charge in [0, 0.05) is 24.3 Å². The van der Waals surface area contributed by atoms with Gasteiger partial charge in [-0.3, -0.25) is 14.4 Å². The van der Waals surface area contributed by atoms with Crippen molar-refractivity contribution in [2.75, 3.05) is 23.4 Å². The summed E-state index contributed by atoms with van der Waals surface area (Å²) in [5.74, 6) is -1.60. The number of carbonyl (C=O) groups excluding carboxylic acids is 3. The maximum Gasteiger partial charge on any atom is 0.311 e. The lowest BCUT2D eigenvalue weighted by Crippen LogP contribution is -2.28. The van der Waals surface area contributed by atoms with Crippen LogP contribution in [0.1, 0.15) is 24.5 Å². The molecule has 0 unspecified atom stereocenters. The van der Waals surface area contributed by atoms with Gasteiger partial charge in [0.15, 0.2) is 6.61 Å². The topological polar surface area (TPSA) is 75.7 Å². The second kappa shape index (κ2) is 8.69. The smallest absolute Gasteiger partial charge is 0.311 e. The molecule has 2 amide bonds. The third kappa shape index (κ3) is 4.39. The normalized spacial score (nSPS) is 16.1. The van der Waals surface area contributed by atoms with E-state index in [1.165, 1.54) is 0 Å². The Bertz CT molecular complexity index is 879. The van der Waals surface area contributed by atoms with Gasteiger partial charge < -0.3 is 15.0 Å². The summed E-state index contributed by atoms with van der Waals surface area (Å²) >= 11 is 0. The first-order valence-electron chi connectivity index (χ1n) is 9.40. The zero-order valence-corrected chi connectivity index (χ0v) is 16.1. The predicted molar refractivity (Wildman–Crippen MR) is 107 cm³/mol. The molecule has 0 saturated carbocycles. The van der Waals surface area contributed by atoms with Crippen molar-refractivity contribution in [3.63, 3.8) is 0 Å². The average molecular weight is 380 g/mol. The summed E-state index contributed by atoms with van der Waals surface area (Å²) in [6.45, 7) is 3.83. The second-order valence-electron chi connectivity index (χ2n) is 6.86. The molecule has 1 N–H and O–H groups in total.